The second-order valence-electron chi connectivity index (χ2n) is 5.10. The number of benzene rings is 2. The maximum Gasteiger partial charge on any atom is 0.192 e. The Morgan fingerprint density at radius 1 is 0.826 bits per heavy atom. The molecule has 2 aromatic heterocycles. The minimum absolute atomic E-state index is 0.244. The van der Waals surface area contributed by atoms with Crippen molar-refractivity contribution < 1.29 is 0 Å². The van der Waals surface area contributed by atoms with E-state index in [1.165, 1.54) is 5.39 Å². The Labute approximate surface area is 132 Å². The zero-order valence-electron chi connectivity index (χ0n) is 12.1. The van der Waals surface area contributed by atoms with Crippen molar-refractivity contribution in [2.75, 3.05) is 0 Å². The van der Waals surface area contributed by atoms with Gasteiger partial charge in [-0.1, -0.05) is 42.5 Å². The molecule has 0 atom stereocenters. The van der Waals surface area contributed by atoms with Gasteiger partial charge < -0.3 is 0 Å². The lowest BCUT2D eigenvalue weighted by molar-refractivity contribution is 0.936. The summed E-state index contributed by atoms with van der Waals surface area (Å²) in [5.74, 6) is 0. The molecule has 2 heterocycles. The molecule has 23 heavy (non-hydrogen) atoms. The predicted molar refractivity (Wildman–Crippen MR) is 87.3 cm³/mol. The van der Waals surface area contributed by atoms with E-state index in [9.17, 15) is 0 Å². The van der Waals surface area contributed by atoms with E-state index < -0.39 is 0 Å². The molecule has 4 rings (SSSR count). The summed E-state index contributed by atoms with van der Waals surface area (Å²) in [6.07, 6.45) is 0. The lowest BCUT2D eigenvalue weighted by atomic mass is 10.0. The lowest BCUT2D eigenvalue weighted by Gasteiger charge is -2.05. The summed E-state index contributed by atoms with van der Waals surface area (Å²) in [6.45, 7) is 0. The van der Waals surface area contributed by atoms with Crippen LogP contribution in [0.2, 0.25) is 0 Å². The minimum atomic E-state index is 0.244. The quantitative estimate of drug-likeness (QED) is 0.613. The molecule has 0 saturated carbocycles. The average molecular weight is 297 g/mol. The summed E-state index contributed by atoms with van der Waals surface area (Å²) in [4.78, 5) is 4.63. The van der Waals surface area contributed by atoms with E-state index in [4.69, 9.17) is 5.26 Å². The van der Waals surface area contributed by atoms with Crippen molar-refractivity contribution in [1.29, 1.82) is 5.26 Å². The molecule has 0 saturated heterocycles. The number of aromatic amines is 1. The number of aromatic nitrogens is 4. The Bertz CT molecular complexity index is 1040. The maximum atomic E-state index is 9.07. The fourth-order valence-corrected chi connectivity index (χ4v) is 2.56. The molecule has 0 bridgehead atoms. The predicted octanol–water partition coefficient (Wildman–Crippen LogP) is 3.56. The van der Waals surface area contributed by atoms with E-state index in [1.54, 1.807) is 0 Å². The van der Waals surface area contributed by atoms with Crippen molar-refractivity contribution in [3.63, 3.8) is 0 Å². The van der Waals surface area contributed by atoms with Gasteiger partial charge in [-0.25, -0.2) is 4.98 Å². The van der Waals surface area contributed by atoms with Gasteiger partial charge >= 0.3 is 0 Å². The highest BCUT2D eigenvalue weighted by Crippen LogP contribution is 2.25. The van der Waals surface area contributed by atoms with Crippen LogP contribution in [-0.4, -0.2) is 20.4 Å². The van der Waals surface area contributed by atoms with Crippen LogP contribution >= 0.6 is 0 Å². The summed E-state index contributed by atoms with van der Waals surface area (Å²) in [5, 5.41) is 21.7. The van der Waals surface area contributed by atoms with E-state index >= 15 is 0 Å². The molecule has 0 aliphatic rings. The van der Waals surface area contributed by atoms with Crippen LogP contribution in [0.5, 0.6) is 0 Å². The average Bonchev–Trinajstić information content (AvgIpc) is 3.10. The van der Waals surface area contributed by atoms with Gasteiger partial charge in [0.05, 0.1) is 11.4 Å². The molecule has 5 nitrogen and oxygen atoms in total. The van der Waals surface area contributed by atoms with Crippen LogP contribution in [0.1, 0.15) is 5.69 Å². The van der Waals surface area contributed by atoms with Crippen LogP contribution in [-0.2, 0) is 0 Å². The number of H-pyrrole nitrogens is 1. The Morgan fingerprint density at radius 2 is 1.65 bits per heavy atom. The summed E-state index contributed by atoms with van der Waals surface area (Å²) >= 11 is 0. The number of hydrogen-bond donors (Lipinski definition) is 1. The van der Waals surface area contributed by atoms with Crippen molar-refractivity contribution in [2.45, 2.75) is 0 Å². The third-order valence-electron chi connectivity index (χ3n) is 3.69. The molecule has 0 spiro atoms. The molecule has 5 heteroatoms. The Balaban J connectivity index is 1.83. The SMILES string of the molecule is N#Cc1n[nH]nc1-c1cccc(-c2ccc3ccccc3c2)n1. The Morgan fingerprint density at radius 3 is 2.52 bits per heavy atom. The van der Waals surface area contributed by atoms with Gasteiger partial charge in [0.25, 0.3) is 0 Å². The van der Waals surface area contributed by atoms with Crippen LogP contribution in [0.25, 0.3) is 33.4 Å². The van der Waals surface area contributed by atoms with Gasteiger partial charge in [-0.3, -0.25) is 0 Å². The summed E-state index contributed by atoms with van der Waals surface area (Å²) < 4.78 is 0. The van der Waals surface area contributed by atoms with Gasteiger partial charge in [0.2, 0.25) is 0 Å². The fourth-order valence-electron chi connectivity index (χ4n) is 2.56. The number of hydrogen-bond acceptors (Lipinski definition) is 4. The molecule has 0 amide bonds. The first-order chi connectivity index (χ1) is 11.3. The summed E-state index contributed by atoms with van der Waals surface area (Å²) in [7, 11) is 0. The monoisotopic (exact) mass is 297 g/mol. The smallest absolute Gasteiger partial charge is 0.192 e. The number of nitrogens with zero attached hydrogens (tertiary/aromatic N) is 4. The van der Waals surface area contributed by atoms with Gasteiger partial charge in [-0.2, -0.15) is 15.6 Å². The molecule has 0 aliphatic carbocycles. The first-order valence-electron chi connectivity index (χ1n) is 7.12. The van der Waals surface area contributed by atoms with Crippen LogP contribution in [0.15, 0.2) is 60.7 Å². The van der Waals surface area contributed by atoms with E-state index in [0.717, 1.165) is 16.6 Å². The van der Waals surface area contributed by atoms with Gasteiger partial charge in [-0.05, 0) is 29.0 Å². The molecule has 4 aromatic rings. The van der Waals surface area contributed by atoms with E-state index in [0.29, 0.717) is 11.4 Å². The lowest BCUT2D eigenvalue weighted by Crippen LogP contribution is -1.90. The van der Waals surface area contributed by atoms with E-state index in [2.05, 4.69) is 44.7 Å². The standard InChI is InChI=1S/C18H11N5/c19-11-17-18(22-23-21-17)16-7-3-6-15(20-16)14-9-8-12-4-1-2-5-13(12)10-14/h1-10H,(H,21,22,23). The molecular weight excluding hydrogens is 286 g/mol. The van der Waals surface area contributed by atoms with Crippen molar-refractivity contribution in [3.8, 4) is 28.7 Å². The second-order valence-corrected chi connectivity index (χ2v) is 5.10. The van der Waals surface area contributed by atoms with Crippen LogP contribution in [0.4, 0.5) is 0 Å². The van der Waals surface area contributed by atoms with Crippen LogP contribution in [0, 0.1) is 11.3 Å². The number of pyridine rings is 1. The van der Waals surface area contributed by atoms with Crippen molar-refractivity contribution in [2.24, 2.45) is 0 Å². The van der Waals surface area contributed by atoms with Gasteiger partial charge in [0.15, 0.2) is 5.69 Å². The number of rotatable bonds is 2. The Kier molecular flexibility index (Phi) is 3.06. The second kappa shape index (κ2) is 5.35. The highest BCUT2D eigenvalue weighted by atomic mass is 15.3. The van der Waals surface area contributed by atoms with Crippen molar-refractivity contribution in [3.05, 3.63) is 66.4 Å². The fraction of sp³-hybridized carbons (Fsp3) is 0. The molecule has 0 unspecified atom stereocenters. The van der Waals surface area contributed by atoms with E-state index in [-0.39, 0.29) is 5.69 Å². The topological polar surface area (TPSA) is 78.2 Å². The van der Waals surface area contributed by atoms with Gasteiger partial charge in [0, 0.05) is 5.56 Å². The highest BCUT2D eigenvalue weighted by molar-refractivity contribution is 5.86. The number of nitriles is 1. The highest BCUT2D eigenvalue weighted by Gasteiger charge is 2.12. The number of fused-ring (bicyclic) bond motifs is 1. The van der Waals surface area contributed by atoms with Gasteiger partial charge in [-0.15, -0.1) is 5.10 Å². The molecule has 1 N–H and O–H groups in total. The normalized spacial score (nSPS) is 10.6. The first kappa shape index (κ1) is 13.2. The molecule has 0 radical (unpaired) electrons. The maximum absolute atomic E-state index is 9.07. The zero-order valence-corrected chi connectivity index (χ0v) is 12.1. The molecule has 0 fully saturated rings. The molecular formula is C18H11N5. The third kappa shape index (κ3) is 2.32. The molecule has 0 aliphatic heterocycles. The third-order valence-corrected chi connectivity index (χ3v) is 3.69. The largest absolute Gasteiger partial charge is 0.246 e. The number of nitrogens with one attached hydrogen (secondary N) is 1. The molecule has 108 valence electrons. The van der Waals surface area contributed by atoms with E-state index in [1.807, 2.05) is 42.5 Å². The Hall–Kier alpha value is -3.52. The van der Waals surface area contributed by atoms with Crippen LogP contribution in [0.3, 0.4) is 0 Å². The molecule has 2 aromatic carbocycles. The zero-order chi connectivity index (χ0) is 15.6. The van der Waals surface area contributed by atoms with Crippen LogP contribution < -0.4 is 0 Å². The first-order valence-corrected chi connectivity index (χ1v) is 7.12. The minimum Gasteiger partial charge on any atom is -0.246 e. The van der Waals surface area contributed by atoms with Gasteiger partial charge in [0.1, 0.15) is 11.8 Å². The summed E-state index contributed by atoms with van der Waals surface area (Å²) in [6, 6.07) is 22.1. The van der Waals surface area contributed by atoms with Crippen molar-refractivity contribution in [1.82, 2.24) is 20.4 Å². The van der Waals surface area contributed by atoms with Crippen molar-refractivity contribution >= 4 is 10.8 Å². The summed E-state index contributed by atoms with van der Waals surface area (Å²) in [5.41, 5.74) is 3.19.